The second-order valence-corrected chi connectivity index (χ2v) is 6.12. The number of aromatic nitrogens is 2. The summed E-state index contributed by atoms with van der Waals surface area (Å²) in [5.41, 5.74) is 2.27. The summed E-state index contributed by atoms with van der Waals surface area (Å²) in [5.74, 6) is 0. The van der Waals surface area contributed by atoms with Crippen LogP contribution < -0.4 is 0 Å². The molecule has 18 heavy (non-hydrogen) atoms. The minimum atomic E-state index is 0.308. The number of H-pyrrole nitrogens is 1. The van der Waals surface area contributed by atoms with E-state index >= 15 is 0 Å². The molecule has 1 aromatic heterocycles. The summed E-state index contributed by atoms with van der Waals surface area (Å²) >= 11 is 8.99. The molecule has 0 bridgehead atoms. The van der Waals surface area contributed by atoms with Crippen LogP contribution >= 0.6 is 28.1 Å². The summed E-state index contributed by atoms with van der Waals surface area (Å²) in [6.07, 6.45) is 2.36. The molecule has 0 aliphatic carbocycles. The Balaban J connectivity index is 2.12. The molecule has 1 aliphatic heterocycles. The largest absolute Gasteiger partial charge is 0.378 e. The molecular weight excluding hydrogens is 312 g/mol. The van der Waals surface area contributed by atoms with Crippen LogP contribution in [0.3, 0.4) is 0 Å². The van der Waals surface area contributed by atoms with Crippen molar-refractivity contribution in [1.82, 2.24) is 9.55 Å². The van der Waals surface area contributed by atoms with Crippen LogP contribution in [0.2, 0.25) is 0 Å². The summed E-state index contributed by atoms with van der Waals surface area (Å²) in [7, 11) is 0. The third-order valence-electron chi connectivity index (χ3n) is 3.50. The van der Waals surface area contributed by atoms with E-state index in [1.807, 2.05) is 6.07 Å². The number of aromatic amines is 1. The van der Waals surface area contributed by atoms with Crippen molar-refractivity contribution in [2.75, 3.05) is 6.61 Å². The lowest BCUT2D eigenvalue weighted by Gasteiger charge is -2.28. The number of fused-ring (bicyclic) bond motifs is 1. The molecule has 2 aromatic rings. The highest BCUT2D eigenvalue weighted by molar-refractivity contribution is 9.10. The Bertz CT molecular complexity index is 633. The normalized spacial score (nSPS) is 24.6. The zero-order chi connectivity index (χ0) is 12.7. The quantitative estimate of drug-likeness (QED) is 0.796. The number of halogens is 1. The van der Waals surface area contributed by atoms with Crippen molar-refractivity contribution in [1.29, 1.82) is 0 Å². The molecular formula is C13H15BrN2OS. The Morgan fingerprint density at radius 2 is 2.33 bits per heavy atom. The molecule has 0 amide bonds. The molecule has 1 N–H and O–H groups in total. The Morgan fingerprint density at radius 3 is 3.11 bits per heavy atom. The minimum absolute atomic E-state index is 0.308. The second-order valence-electron chi connectivity index (χ2n) is 4.82. The molecule has 5 heteroatoms. The van der Waals surface area contributed by atoms with E-state index in [0.29, 0.717) is 12.1 Å². The van der Waals surface area contributed by atoms with Crippen LogP contribution in [0.5, 0.6) is 0 Å². The number of nitrogens with one attached hydrogen (secondary N) is 1. The molecule has 0 spiro atoms. The Labute approximate surface area is 119 Å². The van der Waals surface area contributed by atoms with Crippen molar-refractivity contribution in [3.63, 3.8) is 0 Å². The number of imidazole rings is 1. The highest BCUT2D eigenvalue weighted by atomic mass is 79.9. The maximum atomic E-state index is 5.61. The van der Waals surface area contributed by atoms with E-state index in [4.69, 9.17) is 17.0 Å². The maximum Gasteiger partial charge on any atom is 0.178 e. The molecule has 2 atom stereocenters. The lowest BCUT2D eigenvalue weighted by Crippen LogP contribution is -2.25. The Hall–Kier alpha value is -0.650. The van der Waals surface area contributed by atoms with E-state index in [2.05, 4.69) is 44.5 Å². The van der Waals surface area contributed by atoms with Gasteiger partial charge in [-0.1, -0.05) is 15.9 Å². The number of hydrogen-bond donors (Lipinski definition) is 1. The molecule has 1 fully saturated rings. The van der Waals surface area contributed by atoms with Gasteiger partial charge in [0.05, 0.1) is 17.1 Å². The van der Waals surface area contributed by atoms with Gasteiger partial charge in [0, 0.05) is 17.1 Å². The van der Waals surface area contributed by atoms with Gasteiger partial charge in [-0.25, -0.2) is 0 Å². The lowest BCUT2D eigenvalue weighted by atomic mass is 10.0. The summed E-state index contributed by atoms with van der Waals surface area (Å²) in [6.45, 7) is 2.94. The molecule has 3 nitrogen and oxygen atoms in total. The first kappa shape index (κ1) is 12.4. The van der Waals surface area contributed by atoms with Crippen LogP contribution in [0.15, 0.2) is 22.7 Å². The fourth-order valence-corrected chi connectivity index (χ4v) is 3.37. The van der Waals surface area contributed by atoms with Crippen LogP contribution in [0, 0.1) is 4.77 Å². The van der Waals surface area contributed by atoms with Gasteiger partial charge in [-0.2, -0.15) is 0 Å². The third kappa shape index (κ3) is 2.15. The highest BCUT2D eigenvalue weighted by Crippen LogP contribution is 2.30. The third-order valence-corrected chi connectivity index (χ3v) is 4.29. The van der Waals surface area contributed by atoms with E-state index in [-0.39, 0.29) is 0 Å². The van der Waals surface area contributed by atoms with Crippen LogP contribution in [-0.2, 0) is 4.74 Å². The summed E-state index contributed by atoms with van der Waals surface area (Å²) in [5, 5.41) is 0. The van der Waals surface area contributed by atoms with Gasteiger partial charge in [-0.3, -0.25) is 0 Å². The average molecular weight is 327 g/mol. The Kier molecular flexibility index (Phi) is 3.30. The van der Waals surface area contributed by atoms with E-state index in [1.54, 1.807) is 0 Å². The fraction of sp³-hybridized carbons (Fsp3) is 0.462. The average Bonchev–Trinajstić information content (AvgIpc) is 2.64. The van der Waals surface area contributed by atoms with Gasteiger partial charge >= 0.3 is 0 Å². The van der Waals surface area contributed by atoms with Gasteiger partial charge in [0.25, 0.3) is 0 Å². The smallest absolute Gasteiger partial charge is 0.178 e. The number of ether oxygens (including phenoxy) is 1. The second kappa shape index (κ2) is 4.79. The van der Waals surface area contributed by atoms with Crippen LogP contribution in [-0.4, -0.2) is 22.3 Å². The first-order chi connectivity index (χ1) is 8.65. The van der Waals surface area contributed by atoms with Gasteiger partial charge in [0.2, 0.25) is 0 Å². The highest BCUT2D eigenvalue weighted by Gasteiger charge is 2.22. The fourth-order valence-electron chi connectivity index (χ4n) is 2.67. The topological polar surface area (TPSA) is 29.9 Å². The summed E-state index contributed by atoms with van der Waals surface area (Å²) in [6, 6.07) is 6.66. The number of hydrogen-bond acceptors (Lipinski definition) is 2. The van der Waals surface area contributed by atoms with E-state index in [1.165, 1.54) is 5.52 Å². The van der Waals surface area contributed by atoms with Crippen molar-refractivity contribution in [3.8, 4) is 0 Å². The predicted octanol–water partition coefficient (Wildman–Crippen LogP) is 4.20. The first-order valence-electron chi connectivity index (χ1n) is 6.16. The molecule has 2 heterocycles. The number of nitrogens with zero attached hydrogens (tertiary/aromatic N) is 1. The minimum Gasteiger partial charge on any atom is -0.378 e. The molecule has 2 unspecified atom stereocenters. The number of benzene rings is 1. The van der Waals surface area contributed by atoms with Gasteiger partial charge in [0.1, 0.15) is 0 Å². The zero-order valence-electron chi connectivity index (χ0n) is 10.1. The van der Waals surface area contributed by atoms with Crippen LogP contribution in [0.25, 0.3) is 11.0 Å². The molecule has 1 aliphatic rings. The van der Waals surface area contributed by atoms with E-state index < -0.39 is 0 Å². The van der Waals surface area contributed by atoms with Crippen molar-refractivity contribution >= 4 is 39.2 Å². The molecule has 96 valence electrons. The molecule has 0 radical (unpaired) electrons. The summed E-state index contributed by atoms with van der Waals surface area (Å²) in [4.78, 5) is 3.28. The van der Waals surface area contributed by atoms with Crippen LogP contribution in [0.1, 0.15) is 25.8 Å². The van der Waals surface area contributed by atoms with Gasteiger partial charge in [0.15, 0.2) is 4.77 Å². The van der Waals surface area contributed by atoms with Gasteiger partial charge < -0.3 is 14.3 Å². The molecule has 1 saturated heterocycles. The van der Waals surface area contributed by atoms with Crippen molar-refractivity contribution in [3.05, 3.63) is 27.4 Å². The van der Waals surface area contributed by atoms with E-state index in [0.717, 1.165) is 34.2 Å². The molecule has 1 aromatic carbocycles. The molecule has 3 rings (SSSR count). The first-order valence-corrected chi connectivity index (χ1v) is 7.36. The standard InChI is InChI=1S/C13H15BrN2OS/c1-8-6-10(4-5-17-8)16-12-7-9(14)2-3-11(12)15-13(16)18/h2-3,7-8,10H,4-6H2,1H3,(H,15,18). The molecule has 0 saturated carbocycles. The van der Waals surface area contributed by atoms with Crippen molar-refractivity contribution < 1.29 is 4.74 Å². The van der Waals surface area contributed by atoms with E-state index in [9.17, 15) is 0 Å². The Morgan fingerprint density at radius 1 is 1.50 bits per heavy atom. The van der Waals surface area contributed by atoms with Crippen LogP contribution in [0.4, 0.5) is 0 Å². The summed E-state index contributed by atoms with van der Waals surface area (Å²) < 4.78 is 9.75. The lowest BCUT2D eigenvalue weighted by molar-refractivity contribution is 0.00647. The van der Waals surface area contributed by atoms with Gasteiger partial charge in [-0.05, 0) is 50.2 Å². The van der Waals surface area contributed by atoms with Gasteiger partial charge in [-0.15, -0.1) is 0 Å². The number of rotatable bonds is 1. The zero-order valence-corrected chi connectivity index (χ0v) is 12.6. The van der Waals surface area contributed by atoms with Crippen molar-refractivity contribution in [2.45, 2.75) is 31.9 Å². The SMILES string of the molecule is CC1CC(n2c(=S)[nH]c3ccc(Br)cc32)CCO1. The predicted molar refractivity (Wildman–Crippen MR) is 78.5 cm³/mol. The maximum absolute atomic E-state index is 5.61. The monoisotopic (exact) mass is 326 g/mol. The van der Waals surface area contributed by atoms with Crippen molar-refractivity contribution in [2.24, 2.45) is 0 Å².